The van der Waals surface area contributed by atoms with Crippen molar-refractivity contribution in [2.45, 2.75) is 25.4 Å². The van der Waals surface area contributed by atoms with Crippen LogP contribution in [0.4, 0.5) is 0 Å². The maximum atomic E-state index is 5.95. The summed E-state index contributed by atoms with van der Waals surface area (Å²) in [6.45, 7) is 2.69. The van der Waals surface area contributed by atoms with Crippen LogP contribution in [0, 0.1) is 4.77 Å². The van der Waals surface area contributed by atoms with E-state index in [4.69, 9.17) is 16.6 Å². The fraction of sp³-hybridized carbons (Fsp3) is 0.316. The summed E-state index contributed by atoms with van der Waals surface area (Å²) in [6, 6.07) is 13.9. The molecule has 0 aliphatic carbocycles. The second-order valence-electron chi connectivity index (χ2n) is 6.76. The Morgan fingerprint density at radius 1 is 1.08 bits per heavy atom. The maximum absolute atomic E-state index is 5.95. The summed E-state index contributed by atoms with van der Waals surface area (Å²) in [7, 11) is 0. The van der Waals surface area contributed by atoms with Gasteiger partial charge in [-0.15, -0.1) is 0 Å². The van der Waals surface area contributed by atoms with E-state index in [1.54, 1.807) is 0 Å². The van der Waals surface area contributed by atoms with Crippen molar-refractivity contribution >= 4 is 29.0 Å². The lowest BCUT2D eigenvalue weighted by molar-refractivity contribution is 0.153. The molecule has 0 radical (unpaired) electrons. The number of hydrogen-bond donors (Lipinski definition) is 0. The smallest absolute Gasteiger partial charge is 0.203 e. The van der Waals surface area contributed by atoms with Crippen molar-refractivity contribution in [1.82, 2.24) is 24.1 Å². The van der Waals surface area contributed by atoms with Gasteiger partial charge in [-0.1, -0.05) is 18.2 Å². The van der Waals surface area contributed by atoms with E-state index in [0.29, 0.717) is 5.92 Å². The van der Waals surface area contributed by atoms with Crippen molar-refractivity contribution in [1.29, 1.82) is 0 Å². The van der Waals surface area contributed by atoms with Crippen LogP contribution in [-0.4, -0.2) is 37.2 Å². The predicted molar refractivity (Wildman–Crippen MR) is 102 cm³/mol. The molecule has 0 unspecified atom stereocenters. The van der Waals surface area contributed by atoms with Crippen molar-refractivity contribution in [3.05, 3.63) is 59.3 Å². The molecule has 0 bridgehead atoms. The molecule has 0 saturated carbocycles. The number of pyridine rings is 1. The summed E-state index contributed by atoms with van der Waals surface area (Å²) in [5.41, 5.74) is 2.71. The molecule has 4 heterocycles. The standard InChI is InChI=1S/C19H19N5OS/c26-19-23-10-4-3-7-17(23)21-24(19)13-22-11-8-14(9-12-22)18-20-15-5-1-2-6-16(15)25-18/h1-7,10,14H,8-9,11-13H2. The highest BCUT2D eigenvalue weighted by atomic mass is 32.1. The first-order chi connectivity index (χ1) is 12.8. The topological polar surface area (TPSA) is 51.5 Å². The predicted octanol–water partition coefficient (Wildman–Crippen LogP) is 3.84. The Labute approximate surface area is 155 Å². The van der Waals surface area contributed by atoms with Gasteiger partial charge in [-0.25, -0.2) is 9.67 Å². The van der Waals surface area contributed by atoms with Gasteiger partial charge < -0.3 is 4.42 Å². The lowest BCUT2D eigenvalue weighted by Crippen LogP contribution is -2.35. The van der Waals surface area contributed by atoms with E-state index in [1.165, 1.54) is 0 Å². The van der Waals surface area contributed by atoms with Gasteiger partial charge in [-0.2, -0.15) is 5.10 Å². The highest BCUT2D eigenvalue weighted by Gasteiger charge is 2.25. The molecule has 6 nitrogen and oxygen atoms in total. The molecule has 0 N–H and O–H groups in total. The second-order valence-corrected chi connectivity index (χ2v) is 7.13. The lowest BCUT2D eigenvalue weighted by Gasteiger charge is -2.30. The van der Waals surface area contributed by atoms with Crippen LogP contribution in [0.3, 0.4) is 0 Å². The molecular weight excluding hydrogens is 346 g/mol. The Hall–Kier alpha value is -2.51. The molecule has 1 aliphatic rings. The van der Waals surface area contributed by atoms with E-state index in [9.17, 15) is 0 Å². The number of hydrogen-bond acceptors (Lipinski definition) is 5. The first-order valence-electron chi connectivity index (χ1n) is 8.90. The molecule has 5 rings (SSSR count). The van der Waals surface area contributed by atoms with Gasteiger partial charge in [0, 0.05) is 25.2 Å². The largest absolute Gasteiger partial charge is 0.440 e. The van der Waals surface area contributed by atoms with Gasteiger partial charge in [-0.05, 0) is 49.3 Å². The van der Waals surface area contributed by atoms with Gasteiger partial charge in [0.2, 0.25) is 4.77 Å². The third-order valence-corrected chi connectivity index (χ3v) is 5.48. The van der Waals surface area contributed by atoms with Gasteiger partial charge in [0.1, 0.15) is 5.52 Å². The third-order valence-electron chi connectivity index (χ3n) is 5.07. The third kappa shape index (κ3) is 2.73. The van der Waals surface area contributed by atoms with E-state index in [0.717, 1.165) is 60.0 Å². The Kier molecular flexibility index (Phi) is 3.83. The molecular formula is C19H19N5OS. The minimum Gasteiger partial charge on any atom is -0.440 e. The van der Waals surface area contributed by atoms with Gasteiger partial charge >= 0.3 is 0 Å². The van der Waals surface area contributed by atoms with Crippen LogP contribution in [0.1, 0.15) is 24.7 Å². The zero-order valence-electron chi connectivity index (χ0n) is 14.3. The van der Waals surface area contributed by atoms with Gasteiger partial charge in [0.25, 0.3) is 0 Å². The van der Waals surface area contributed by atoms with E-state index in [1.807, 2.05) is 57.7 Å². The molecule has 1 fully saturated rings. The summed E-state index contributed by atoms with van der Waals surface area (Å²) < 4.78 is 10.5. The van der Waals surface area contributed by atoms with E-state index < -0.39 is 0 Å². The second kappa shape index (κ2) is 6.34. The number of nitrogens with zero attached hydrogens (tertiary/aromatic N) is 5. The molecule has 0 amide bonds. The van der Waals surface area contributed by atoms with Crippen molar-refractivity contribution in [3.8, 4) is 0 Å². The summed E-state index contributed by atoms with van der Waals surface area (Å²) in [6.07, 6.45) is 4.03. The number of likely N-dealkylation sites (tertiary alicyclic amines) is 1. The van der Waals surface area contributed by atoms with Crippen LogP contribution in [0.5, 0.6) is 0 Å². The highest BCUT2D eigenvalue weighted by Crippen LogP contribution is 2.30. The number of fused-ring (bicyclic) bond motifs is 2. The number of oxazole rings is 1. The van der Waals surface area contributed by atoms with E-state index >= 15 is 0 Å². The normalized spacial score (nSPS) is 16.6. The molecule has 0 atom stereocenters. The van der Waals surface area contributed by atoms with Crippen LogP contribution >= 0.6 is 12.2 Å². The molecule has 4 aromatic rings. The zero-order valence-corrected chi connectivity index (χ0v) is 15.1. The Morgan fingerprint density at radius 2 is 1.88 bits per heavy atom. The fourth-order valence-corrected chi connectivity index (χ4v) is 3.89. The quantitative estimate of drug-likeness (QED) is 0.516. The van der Waals surface area contributed by atoms with Crippen LogP contribution in [-0.2, 0) is 6.67 Å². The minimum absolute atomic E-state index is 0.382. The molecule has 132 valence electrons. The number of rotatable bonds is 3. The van der Waals surface area contributed by atoms with Crippen LogP contribution in [0.2, 0.25) is 0 Å². The number of benzene rings is 1. The van der Waals surface area contributed by atoms with Gasteiger partial charge in [0.05, 0.1) is 6.67 Å². The maximum Gasteiger partial charge on any atom is 0.203 e. The highest BCUT2D eigenvalue weighted by molar-refractivity contribution is 7.71. The van der Waals surface area contributed by atoms with Crippen molar-refractivity contribution in [2.24, 2.45) is 0 Å². The van der Waals surface area contributed by atoms with Crippen LogP contribution in [0.15, 0.2) is 53.1 Å². The molecule has 0 spiro atoms. The molecule has 1 saturated heterocycles. The van der Waals surface area contributed by atoms with Crippen molar-refractivity contribution in [3.63, 3.8) is 0 Å². The Balaban J connectivity index is 1.29. The average Bonchev–Trinajstić information content (AvgIpc) is 3.24. The number of piperidine rings is 1. The van der Waals surface area contributed by atoms with Crippen molar-refractivity contribution in [2.75, 3.05) is 13.1 Å². The average molecular weight is 365 g/mol. The number of para-hydroxylation sites is 2. The summed E-state index contributed by atoms with van der Waals surface area (Å²) in [5.74, 6) is 1.25. The van der Waals surface area contributed by atoms with Gasteiger partial charge in [0.15, 0.2) is 17.1 Å². The van der Waals surface area contributed by atoms with Crippen molar-refractivity contribution < 1.29 is 4.42 Å². The summed E-state index contributed by atoms with van der Waals surface area (Å²) >= 11 is 5.54. The fourth-order valence-electron chi connectivity index (χ4n) is 3.64. The summed E-state index contributed by atoms with van der Waals surface area (Å²) in [4.78, 5) is 7.06. The van der Waals surface area contributed by atoms with Crippen LogP contribution in [0.25, 0.3) is 16.7 Å². The molecule has 7 heteroatoms. The van der Waals surface area contributed by atoms with E-state index in [-0.39, 0.29) is 0 Å². The van der Waals surface area contributed by atoms with E-state index in [2.05, 4.69) is 15.0 Å². The molecule has 1 aliphatic heterocycles. The first-order valence-corrected chi connectivity index (χ1v) is 9.31. The molecule has 26 heavy (non-hydrogen) atoms. The zero-order chi connectivity index (χ0) is 17.5. The minimum atomic E-state index is 0.382. The Morgan fingerprint density at radius 3 is 2.69 bits per heavy atom. The molecule has 3 aromatic heterocycles. The monoisotopic (exact) mass is 365 g/mol. The number of aromatic nitrogens is 4. The lowest BCUT2D eigenvalue weighted by atomic mass is 9.97. The Bertz CT molecular complexity index is 1090. The first kappa shape index (κ1) is 15.7. The SMILES string of the molecule is S=c1n(CN2CCC(c3nc4ccccc4o3)CC2)nc2ccccn12. The summed E-state index contributed by atoms with van der Waals surface area (Å²) in [5, 5.41) is 4.62. The van der Waals surface area contributed by atoms with Crippen LogP contribution < -0.4 is 0 Å². The van der Waals surface area contributed by atoms with Gasteiger partial charge in [-0.3, -0.25) is 9.30 Å². The molecule has 1 aromatic carbocycles.